The van der Waals surface area contributed by atoms with Crippen molar-refractivity contribution in [2.24, 2.45) is 5.73 Å². The molecule has 4 heteroatoms. The van der Waals surface area contributed by atoms with Crippen molar-refractivity contribution in [2.75, 3.05) is 26.7 Å². The Kier molecular flexibility index (Phi) is 5.01. The van der Waals surface area contributed by atoms with E-state index in [1.54, 1.807) is 0 Å². The Morgan fingerprint density at radius 1 is 1.28 bits per heavy atom. The van der Waals surface area contributed by atoms with Crippen LogP contribution in [0.3, 0.4) is 0 Å². The van der Waals surface area contributed by atoms with Crippen LogP contribution in [0, 0.1) is 0 Å². The first-order chi connectivity index (χ1) is 8.72. The SMILES string of the molecule is CN(C1CCCC1)C(CN)CC(=O)N1CCCC1. The largest absolute Gasteiger partial charge is 0.343 e. The van der Waals surface area contributed by atoms with Gasteiger partial charge in [-0.25, -0.2) is 0 Å². The van der Waals surface area contributed by atoms with Gasteiger partial charge in [0.15, 0.2) is 0 Å². The predicted molar refractivity (Wildman–Crippen MR) is 73.3 cm³/mol. The first-order valence-electron chi connectivity index (χ1n) is 7.42. The smallest absolute Gasteiger partial charge is 0.224 e. The number of nitrogens with two attached hydrogens (primary N) is 1. The minimum absolute atomic E-state index is 0.223. The standard InChI is InChI=1S/C14H27N3O/c1-16(12-6-2-3-7-12)13(11-15)10-14(18)17-8-4-5-9-17/h12-13H,2-11,15H2,1H3. The number of hydrogen-bond acceptors (Lipinski definition) is 3. The van der Waals surface area contributed by atoms with E-state index in [0.717, 1.165) is 25.9 Å². The van der Waals surface area contributed by atoms with Crippen molar-refractivity contribution in [2.45, 2.75) is 57.0 Å². The highest BCUT2D eigenvalue weighted by Crippen LogP contribution is 2.24. The second-order valence-electron chi connectivity index (χ2n) is 5.79. The number of likely N-dealkylation sites (N-methyl/N-ethyl adjacent to an activating group) is 1. The van der Waals surface area contributed by atoms with Gasteiger partial charge in [0.1, 0.15) is 0 Å². The summed E-state index contributed by atoms with van der Waals surface area (Å²) in [5, 5.41) is 0. The van der Waals surface area contributed by atoms with E-state index in [1.807, 2.05) is 4.90 Å². The number of likely N-dealkylation sites (tertiary alicyclic amines) is 1. The van der Waals surface area contributed by atoms with E-state index in [2.05, 4.69) is 11.9 Å². The fourth-order valence-electron chi connectivity index (χ4n) is 3.30. The molecule has 2 N–H and O–H groups in total. The molecular formula is C14H27N3O. The molecule has 4 nitrogen and oxygen atoms in total. The van der Waals surface area contributed by atoms with Crippen LogP contribution in [0.25, 0.3) is 0 Å². The minimum atomic E-state index is 0.223. The molecule has 0 spiro atoms. The Morgan fingerprint density at radius 3 is 2.44 bits per heavy atom. The number of nitrogens with zero attached hydrogens (tertiary/aromatic N) is 2. The van der Waals surface area contributed by atoms with E-state index in [0.29, 0.717) is 24.9 Å². The number of carbonyl (C=O) groups is 1. The van der Waals surface area contributed by atoms with Crippen molar-refractivity contribution in [3.8, 4) is 0 Å². The maximum Gasteiger partial charge on any atom is 0.224 e. The molecule has 2 rings (SSSR count). The number of carbonyl (C=O) groups excluding carboxylic acids is 1. The summed E-state index contributed by atoms with van der Waals surface area (Å²) in [5.41, 5.74) is 5.88. The normalized spacial score (nSPS) is 22.9. The third kappa shape index (κ3) is 3.23. The Labute approximate surface area is 110 Å². The van der Waals surface area contributed by atoms with Crippen molar-refractivity contribution < 1.29 is 4.79 Å². The van der Waals surface area contributed by atoms with Gasteiger partial charge < -0.3 is 10.6 Å². The zero-order valence-electron chi connectivity index (χ0n) is 11.6. The molecule has 0 aromatic carbocycles. The molecule has 1 heterocycles. The maximum atomic E-state index is 12.2. The van der Waals surface area contributed by atoms with E-state index in [9.17, 15) is 4.79 Å². The first kappa shape index (κ1) is 13.8. The zero-order valence-corrected chi connectivity index (χ0v) is 11.6. The van der Waals surface area contributed by atoms with E-state index in [1.165, 1.54) is 25.7 Å². The number of hydrogen-bond donors (Lipinski definition) is 1. The summed E-state index contributed by atoms with van der Waals surface area (Å²) in [5.74, 6) is 0.299. The fourth-order valence-corrected chi connectivity index (χ4v) is 3.30. The second-order valence-corrected chi connectivity index (χ2v) is 5.79. The average Bonchev–Trinajstić information content (AvgIpc) is 3.05. The molecule has 1 aliphatic heterocycles. The van der Waals surface area contributed by atoms with Gasteiger partial charge in [-0.15, -0.1) is 0 Å². The molecule has 0 radical (unpaired) electrons. The molecule has 1 aliphatic carbocycles. The average molecular weight is 253 g/mol. The summed E-state index contributed by atoms with van der Waals surface area (Å²) in [6.07, 6.45) is 8.12. The lowest BCUT2D eigenvalue weighted by Crippen LogP contribution is -2.46. The van der Waals surface area contributed by atoms with Crippen LogP contribution in [0.5, 0.6) is 0 Å². The molecule has 2 aliphatic rings. The summed E-state index contributed by atoms with van der Waals surface area (Å²) >= 11 is 0. The van der Waals surface area contributed by atoms with Gasteiger partial charge >= 0.3 is 0 Å². The highest BCUT2D eigenvalue weighted by atomic mass is 16.2. The van der Waals surface area contributed by atoms with E-state index < -0.39 is 0 Å². The summed E-state index contributed by atoms with van der Waals surface area (Å²) in [7, 11) is 2.14. The van der Waals surface area contributed by atoms with Crippen molar-refractivity contribution >= 4 is 5.91 Å². The van der Waals surface area contributed by atoms with Crippen LogP contribution >= 0.6 is 0 Å². The molecular weight excluding hydrogens is 226 g/mol. The zero-order chi connectivity index (χ0) is 13.0. The second kappa shape index (κ2) is 6.53. The lowest BCUT2D eigenvalue weighted by atomic mass is 10.1. The van der Waals surface area contributed by atoms with Gasteiger partial charge in [-0.3, -0.25) is 9.69 Å². The van der Waals surface area contributed by atoms with E-state index >= 15 is 0 Å². The van der Waals surface area contributed by atoms with Crippen molar-refractivity contribution in [1.29, 1.82) is 0 Å². The Bertz CT molecular complexity index is 270. The van der Waals surface area contributed by atoms with Crippen molar-refractivity contribution in [3.63, 3.8) is 0 Å². The van der Waals surface area contributed by atoms with Gasteiger partial charge in [0.2, 0.25) is 5.91 Å². The van der Waals surface area contributed by atoms with Gasteiger partial charge in [-0.2, -0.15) is 0 Å². The fraction of sp³-hybridized carbons (Fsp3) is 0.929. The molecule has 1 saturated heterocycles. The Morgan fingerprint density at radius 2 is 1.89 bits per heavy atom. The topological polar surface area (TPSA) is 49.6 Å². The summed E-state index contributed by atoms with van der Waals surface area (Å²) in [4.78, 5) is 16.5. The predicted octanol–water partition coefficient (Wildman–Crippen LogP) is 1.20. The molecule has 0 bridgehead atoms. The van der Waals surface area contributed by atoms with Crippen molar-refractivity contribution in [3.05, 3.63) is 0 Å². The molecule has 1 amide bonds. The number of amides is 1. The minimum Gasteiger partial charge on any atom is -0.343 e. The third-order valence-corrected chi connectivity index (χ3v) is 4.62. The molecule has 2 fully saturated rings. The molecule has 0 aromatic heterocycles. The number of rotatable bonds is 5. The Hall–Kier alpha value is -0.610. The highest BCUT2D eigenvalue weighted by molar-refractivity contribution is 5.77. The van der Waals surface area contributed by atoms with Crippen LogP contribution in [0.4, 0.5) is 0 Å². The third-order valence-electron chi connectivity index (χ3n) is 4.62. The molecule has 0 aromatic rings. The quantitative estimate of drug-likeness (QED) is 0.801. The highest BCUT2D eigenvalue weighted by Gasteiger charge is 2.28. The van der Waals surface area contributed by atoms with Gasteiger partial charge in [-0.1, -0.05) is 12.8 Å². The van der Waals surface area contributed by atoms with Crippen LogP contribution in [-0.4, -0.2) is 54.5 Å². The van der Waals surface area contributed by atoms with Gasteiger partial charge in [0, 0.05) is 38.1 Å². The van der Waals surface area contributed by atoms with Gasteiger partial charge in [-0.05, 0) is 32.7 Å². The lowest BCUT2D eigenvalue weighted by Gasteiger charge is -2.32. The van der Waals surface area contributed by atoms with Crippen LogP contribution in [0.1, 0.15) is 44.9 Å². The van der Waals surface area contributed by atoms with E-state index in [-0.39, 0.29) is 6.04 Å². The molecule has 18 heavy (non-hydrogen) atoms. The molecule has 104 valence electrons. The first-order valence-corrected chi connectivity index (χ1v) is 7.42. The molecule has 1 saturated carbocycles. The summed E-state index contributed by atoms with van der Waals surface area (Å²) in [6.45, 7) is 2.49. The van der Waals surface area contributed by atoms with Crippen molar-refractivity contribution in [1.82, 2.24) is 9.80 Å². The molecule has 1 unspecified atom stereocenters. The van der Waals surface area contributed by atoms with Gasteiger partial charge in [0.25, 0.3) is 0 Å². The van der Waals surface area contributed by atoms with Crippen LogP contribution in [-0.2, 0) is 4.79 Å². The van der Waals surface area contributed by atoms with Gasteiger partial charge in [0.05, 0.1) is 0 Å². The summed E-state index contributed by atoms with van der Waals surface area (Å²) < 4.78 is 0. The van der Waals surface area contributed by atoms with Crippen LogP contribution < -0.4 is 5.73 Å². The monoisotopic (exact) mass is 253 g/mol. The lowest BCUT2D eigenvalue weighted by molar-refractivity contribution is -0.131. The van der Waals surface area contributed by atoms with Crippen LogP contribution in [0.15, 0.2) is 0 Å². The van der Waals surface area contributed by atoms with E-state index in [4.69, 9.17) is 5.73 Å². The van der Waals surface area contributed by atoms with Crippen LogP contribution in [0.2, 0.25) is 0 Å². The maximum absolute atomic E-state index is 12.2. The molecule has 1 atom stereocenters. The summed E-state index contributed by atoms with van der Waals surface area (Å²) in [6, 6.07) is 0.867. The Balaban J connectivity index is 1.85.